The Hall–Kier alpha value is -0.970. The number of β-amino-alcohol motifs (C(OH)–C–C–N with tert-alkyl or cyclic N) is 1. The topological polar surface area (TPSA) is 26.7 Å². The lowest BCUT2D eigenvalue weighted by Crippen LogP contribution is -2.38. The number of halogens is 1. The summed E-state index contributed by atoms with van der Waals surface area (Å²) in [6.45, 7) is 9.22. The molecule has 1 aliphatic heterocycles. The molecule has 1 aromatic rings. The van der Waals surface area contributed by atoms with Gasteiger partial charge < -0.3 is 5.11 Å². The molecule has 2 rings (SSSR count). The average molecular weight is 280 g/mol. The molecule has 1 fully saturated rings. The van der Waals surface area contributed by atoms with E-state index in [9.17, 15) is 9.50 Å². The lowest BCUT2D eigenvalue weighted by Gasteiger charge is -2.26. The number of hydrogen-bond acceptors (Lipinski definition) is 3. The smallest absolute Gasteiger partial charge is 0.123 e. The fourth-order valence-corrected chi connectivity index (χ4v) is 3.05. The first-order chi connectivity index (χ1) is 9.63. The van der Waals surface area contributed by atoms with Crippen molar-refractivity contribution in [2.24, 2.45) is 0 Å². The van der Waals surface area contributed by atoms with Crippen LogP contribution in [0, 0.1) is 5.82 Å². The normalized spacial score (nSPS) is 21.6. The number of hydrogen-bond donors (Lipinski definition) is 1. The van der Waals surface area contributed by atoms with E-state index >= 15 is 0 Å². The van der Waals surface area contributed by atoms with Crippen molar-refractivity contribution in [3.8, 4) is 0 Å². The highest BCUT2D eigenvalue weighted by Gasteiger charge is 2.27. The molecule has 0 bridgehead atoms. The zero-order valence-electron chi connectivity index (χ0n) is 12.4. The number of benzene rings is 1. The first kappa shape index (κ1) is 15.4. The number of aliphatic hydroxyl groups is 1. The summed E-state index contributed by atoms with van der Waals surface area (Å²) >= 11 is 0. The fraction of sp³-hybridized carbons (Fsp3) is 0.625. The average Bonchev–Trinajstić information content (AvgIpc) is 2.89. The second-order valence-electron chi connectivity index (χ2n) is 5.49. The molecular formula is C16H25FN2O. The van der Waals surface area contributed by atoms with Crippen molar-refractivity contribution in [1.82, 2.24) is 9.80 Å². The van der Waals surface area contributed by atoms with E-state index in [1.165, 1.54) is 12.1 Å². The van der Waals surface area contributed by atoms with Gasteiger partial charge in [-0.25, -0.2) is 4.39 Å². The van der Waals surface area contributed by atoms with Gasteiger partial charge in [-0.15, -0.1) is 0 Å². The molecule has 1 saturated heterocycles. The van der Waals surface area contributed by atoms with E-state index in [2.05, 4.69) is 23.6 Å². The van der Waals surface area contributed by atoms with Crippen LogP contribution in [0.4, 0.5) is 4.39 Å². The molecular weight excluding hydrogens is 255 g/mol. The van der Waals surface area contributed by atoms with Gasteiger partial charge in [-0.05, 0) is 43.8 Å². The Bertz CT molecular complexity index is 405. The van der Waals surface area contributed by atoms with Crippen LogP contribution in [0.2, 0.25) is 0 Å². The Morgan fingerprint density at radius 3 is 2.55 bits per heavy atom. The predicted molar refractivity (Wildman–Crippen MR) is 79.1 cm³/mol. The summed E-state index contributed by atoms with van der Waals surface area (Å²) in [5, 5.41) is 10.2. The molecule has 2 atom stereocenters. The third kappa shape index (κ3) is 3.78. The van der Waals surface area contributed by atoms with Gasteiger partial charge in [0.1, 0.15) is 5.82 Å². The first-order valence-electron chi connectivity index (χ1n) is 7.54. The number of aliphatic hydroxyl groups excluding tert-OH is 1. The van der Waals surface area contributed by atoms with Crippen molar-refractivity contribution in [2.45, 2.75) is 32.4 Å². The minimum absolute atomic E-state index is 0.260. The summed E-state index contributed by atoms with van der Waals surface area (Å²) in [5.74, 6) is -0.260. The van der Waals surface area contributed by atoms with Crippen molar-refractivity contribution in [1.29, 1.82) is 0 Å². The van der Waals surface area contributed by atoms with E-state index in [0.717, 1.165) is 38.2 Å². The van der Waals surface area contributed by atoms with Crippen molar-refractivity contribution in [2.75, 3.05) is 32.7 Å². The summed E-state index contributed by atoms with van der Waals surface area (Å²) in [5.41, 5.74) is 0.790. The van der Waals surface area contributed by atoms with E-state index in [0.29, 0.717) is 12.6 Å². The zero-order chi connectivity index (χ0) is 14.5. The molecule has 1 aromatic carbocycles. The summed E-state index contributed by atoms with van der Waals surface area (Å²) in [6, 6.07) is 6.74. The molecule has 0 aliphatic carbocycles. The van der Waals surface area contributed by atoms with Crippen LogP contribution in [0.5, 0.6) is 0 Å². The van der Waals surface area contributed by atoms with Crippen molar-refractivity contribution in [3.63, 3.8) is 0 Å². The summed E-state index contributed by atoms with van der Waals surface area (Å²) in [4.78, 5) is 4.78. The predicted octanol–water partition coefficient (Wildman–Crippen LogP) is 2.28. The van der Waals surface area contributed by atoms with Crippen LogP contribution in [0.15, 0.2) is 24.3 Å². The monoisotopic (exact) mass is 280 g/mol. The van der Waals surface area contributed by atoms with Crippen molar-refractivity contribution in [3.05, 3.63) is 35.6 Å². The SMILES string of the molecule is CCN(CC)C1CCN(CC(O)c2ccc(F)cc2)C1. The van der Waals surface area contributed by atoms with Gasteiger partial charge in [0.25, 0.3) is 0 Å². The minimum atomic E-state index is -0.536. The molecule has 0 aromatic heterocycles. The Morgan fingerprint density at radius 1 is 1.30 bits per heavy atom. The number of nitrogens with zero attached hydrogens (tertiary/aromatic N) is 2. The highest BCUT2D eigenvalue weighted by molar-refractivity contribution is 5.18. The standard InChI is InChI=1S/C16H25FN2O/c1-3-19(4-2)15-9-10-18(11-15)12-16(20)13-5-7-14(17)8-6-13/h5-8,15-16,20H,3-4,9-12H2,1-2H3. The molecule has 112 valence electrons. The van der Waals surface area contributed by atoms with Crippen LogP contribution in [-0.4, -0.2) is 53.7 Å². The lowest BCUT2D eigenvalue weighted by molar-refractivity contribution is 0.119. The molecule has 0 spiro atoms. The Balaban J connectivity index is 1.87. The molecule has 0 saturated carbocycles. The van der Waals surface area contributed by atoms with Gasteiger partial charge in [0.2, 0.25) is 0 Å². The van der Waals surface area contributed by atoms with Crippen LogP contribution in [0.1, 0.15) is 31.9 Å². The summed E-state index contributed by atoms with van der Waals surface area (Å²) in [6.07, 6.45) is 0.628. The largest absolute Gasteiger partial charge is 0.387 e. The third-order valence-electron chi connectivity index (χ3n) is 4.26. The molecule has 3 nitrogen and oxygen atoms in total. The maximum atomic E-state index is 12.9. The lowest BCUT2D eigenvalue weighted by atomic mass is 10.1. The van der Waals surface area contributed by atoms with Crippen LogP contribution in [-0.2, 0) is 0 Å². The summed E-state index contributed by atoms with van der Waals surface area (Å²) in [7, 11) is 0. The Labute approximate surface area is 121 Å². The molecule has 0 amide bonds. The number of rotatable bonds is 6. The van der Waals surface area contributed by atoms with E-state index < -0.39 is 6.10 Å². The van der Waals surface area contributed by atoms with Gasteiger partial charge in [-0.3, -0.25) is 9.80 Å². The van der Waals surface area contributed by atoms with Crippen molar-refractivity contribution < 1.29 is 9.50 Å². The number of likely N-dealkylation sites (N-methyl/N-ethyl adjacent to an activating group) is 1. The molecule has 1 aliphatic rings. The maximum Gasteiger partial charge on any atom is 0.123 e. The Kier molecular flexibility index (Phi) is 5.52. The second-order valence-corrected chi connectivity index (χ2v) is 5.49. The molecule has 20 heavy (non-hydrogen) atoms. The molecule has 4 heteroatoms. The first-order valence-corrected chi connectivity index (χ1v) is 7.54. The van der Waals surface area contributed by atoms with Gasteiger partial charge in [-0.2, -0.15) is 0 Å². The van der Waals surface area contributed by atoms with Gasteiger partial charge in [0.05, 0.1) is 6.10 Å². The zero-order valence-corrected chi connectivity index (χ0v) is 12.4. The van der Waals surface area contributed by atoms with Gasteiger partial charge in [0.15, 0.2) is 0 Å². The van der Waals surface area contributed by atoms with Crippen LogP contribution in [0.3, 0.4) is 0 Å². The Morgan fingerprint density at radius 2 is 1.95 bits per heavy atom. The van der Waals surface area contributed by atoms with Crippen LogP contribution in [0.25, 0.3) is 0 Å². The highest BCUT2D eigenvalue weighted by atomic mass is 19.1. The molecule has 1 N–H and O–H groups in total. The molecule has 2 unspecified atom stereocenters. The van der Waals surface area contributed by atoms with E-state index in [-0.39, 0.29) is 5.82 Å². The quantitative estimate of drug-likeness (QED) is 0.866. The minimum Gasteiger partial charge on any atom is -0.387 e. The van der Waals surface area contributed by atoms with Gasteiger partial charge >= 0.3 is 0 Å². The second kappa shape index (κ2) is 7.16. The van der Waals surface area contributed by atoms with Gasteiger partial charge in [-0.1, -0.05) is 26.0 Å². The fourth-order valence-electron chi connectivity index (χ4n) is 3.05. The van der Waals surface area contributed by atoms with E-state index in [1.54, 1.807) is 12.1 Å². The molecule has 0 radical (unpaired) electrons. The van der Waals surface area contributed by atoms with Gasteiger partial charge in [0, 0.05) is 19.1 Å². The van der Waals surface area contributed by atoms with Crippen LogP contribution >= 0.6 is 0 Å². The maximum absolute atomic E-state index is 12.9. The van der Waals surface area contributed by atoms with Crippen LogP contribution < -0.4 is 0 Å². The third-order valence-corrected chi connectivity index (χ3v) is 4.26. The highest BCUT2D eigenvalue weighted by Crippen LogP contribution is 2.20. The number of likely N-dealkylation sites (tertiary alicyclic amines) is 1. The van der Waals surface area contributed by atoms with Crippen molar-refractivity contribution >= 4 is 0 Å². The molecule has 1 heterocycles. The van der Waals surface area contributed by atoms with E-state index in [4.69, 9.17) is 0 Å². The summed E-state index contributed by atoms with van der Waals surface area (Å²) < 4.78 is 12.9. The van der Waals surface area contributed by atoms with E-state index in [1.807, 2.05) is 0 Å².